The molecule has 74 valence electrons. The fourth-order valence-corrected chi connectivity index (χ4v) is 1.50. The lowest BCUT2D eigenvalue weighted by Crippen LogP contribution is -1.94. The van der Waals surface area contributed by atoms with Crippen molar-refractivity contribution in [2.75, 3.05) is 13.9 Å². The molecule has 0 radical (unpaired) electrons. The minimum Gasteiger partial charge on any atom is -0.493 e. The number of methoxy groups -OCH3 is 1. The summed E-state index contributed by atoms with van der Waals surface area (Å²) in [5, 5.41) is 0. The second-order valence-corrected chi connectivity index (χ2v) is 2.98. The number of benzene rings is 1. The summed E-state index contributed by atoms with van der Waals surface area (Å²) in [5.74, 6) is 2.20. The number of rotatable bonds is 3. The van der Waals surface area contributed by atoms with Crippen LogP contribution in [-0.2, 0) is 6.42 Å². The zero-order valence-electron chi connectivity index (χ0n) is 8.08. The van der Waals surface area contributed by atoms with Crippen LogP contribution < -0.4 is 14.2 Å². The Bertz CT molecular complexity index is 358. The molecule has 2 rings (SSSR count). The first-order valence-electron chi connectivity index (χ1n) is 4.43. The Morgan fingerprint density at radius 1 is 1.43 bits per heavy atom. The molecule has 0 aliphatic carbocycles. The van der Waals surface area contributed by atoms with Crippen molar-refractivity contribution in [2.24, 2.45) is 0 Å². The van der Waals surface area contributed by atoms with Gasteiger partial charge in [0.2, 0.25) is 12.5 Å². The highest BCUT2D eigenvalue weighted by Gasteiger charge is 2.21. The van der Waals surface area contributed by atoms with Gasteiger partial charge < -0.3 is 14.2 Å². The highest BCUT2D eigenvalue weighted by Crippen LogP contribution is 2.43. The largest absolute Gasteiger partial charge is 0.493 e. The molecule has 1 aliphatic rings. The molecular weight excluding hydrogens is 180 g/mol. The van der Waals surface area contributed by atoms with Gasteiger partial charge in [-0.3, -0.25) is 0 Å². The van der Waals surface area contributed by atoms with Crippen LogP contribution in [0, 0.1) is 0 Å². The fourth-order valence-electron chi connectivity index (χ4n) is 1.50. The van der Waals surface area contributed by atoms with E-state index >= 15 is 0 Å². The van der Waals surface area contributed by atoms with Gasteiger partial charge in [0.05, 0.1) is 7.11 Å². The van der Waals surface area contributed by atoms with Gasteiger partial charge in [0.25, 0.3) is 0 Å². The van der Waals surface area contributed by atoms with E-state index in [1.54, 1.807) is 7.11 Å². The van der Waals surface area contributed by atoms with Gasteiger partial charge in [-0.05, 0) is 12.5 Å². The second-order valence-electron chi connectivity index (χ2n) is 2.98. The van der Waals surface area contributed by atoms with E-state index < -0.39 is 0 Å². The lowest BCUT2D eigenvalue weighted by molar-refractivity contribution is 0.170. The molecule has 3 nitrogen and oxygen atoms in total. The first-order valence-corrected chi connectivity index (χ1v) is 4.43. The van der Waals surface area contributed by atoms with Crippen molar-refractivity contribution in [3.05, 3.63) is 30.4 Å². The molecule has 0 saturated heterocycles. The van der Waals surface area contributed by atoms with Crippen LogP contribution in [0.5, 0.6) is 17.2 Å². The van der Waals surface area contributed by atoms with Crippen LogP contribution in [0.25, 0.3) is 0 Å². The maximum Gasteiger partial charge on any atom is 0.231 e. The van der Waals surface area contributed by atoms with Crippen LogP contribution in [0.1, 0.15) is 5.56 Å². The Labute approximate surface area is 82.9 Å². The molecule has 14 heavy (non-hydrogen) atoms. The number of hydrogen-bond donors (Lipinski definition) is 0. The Kier molecular flexibility index (Phi) is 2.31. The summed E-state index contributed by atoms with van der Waals surface area (Å²) in [5.41, 5.74) is 1.08. The number of allylic oxidation sites excluding steroid dienone is 1. The molecule has 1 heterocycles. The summed E-state index contributed by atoms with van der Waals surface area (Å²) >= 11 is 0. The molecule has 0 bridgehead atoms. The Morgan fingerprint density at radius 3 is 2.93 bits per heavy atom. The van der Waals surface area contributed by atoms with Gasteiger partial charge in [-0.15, -0.1) is 6.58 Å². The predicted molar refractivity (Wildman–Crippen MR) is 53.0 cm³/mol. The van der Waals surface area contributed by atoms with Crippen LogP contribution >= 0.6 is 0 Å². The average Bonchev–Trinajstić information content (AvgIpc) is 2.67. The molecule has 1 aromatic carbocycles. The van der Waals surface area contributed by atoms with Gasteiger partial charge in [0.15, 0.2) is 11.5 Å². The maximum atomic E-state index is 5.37. The van der Waals surface area contributed by atoms with Crippen LogP contribution in [0.2, 0.25) is 0 Å². The van der Waals surface area contributed by atoms with Crippen LogP contribution in [-0.4, -0.2) is 13.9 Å². The smallest absolute Gasteiger partial charge is 0.231 e. The van der Waals surface area contributed by atoms with E-state index in [1.807, 2.05) is 18.2 Å². The van der Waals surface area contributed by atoms with Crippen LogP contribution in [0.4, 0.5) is 0 Å². The fraction of sp³-hybridized carbons (Fsp3) is 0.273. The summed E-state index contributed by atoms with van der Waals surface area (Å²) in [7, 11) is 1.62. The second kappa shape index (κ2) is 3.62. The first kappa shape index (κ1) is 8.94. The molecule has 3 heteroatoms. The number of ether oxygens (including phenoxy) is 3. The Morgan fingerprint density at radius 2 is 2.21 bits per heavy atom. The van der Waals surface area contributed by atoms with Crippen molar-refractivity contribution in [1.82, 2.24) is 0 Å². The Balaban J connectivity index is 2.46. The normalized spacial score (nSPS) is 12.6. The van der Waals surface area contributed by atoms with E-state index in [2.05, 4.69) is 6.58 Å². The first-order chi connectivity index (χ1) is 6.86. The summed E-state index contributed by atoms with van der Waals surface area (Å²) in [4.78, 5) is 0. The van der Waals surface area contributed by atoms with Gasteiger partial charge in [0.1, 0.15) is 0 Å². The van der Waals surface area contributed by atoms with Crippen molar-refractivity contribution in [3.63, 3.8) is 0 Å². The molecule has 0 amide bonds. The topological polar surface area (TPSA) is 27.7 Å². The van der Waals surface area contributed by atoms with Gasteiger partial charge in [-0.25, -0.2) is 0 Å². The van der Waals surface area contributed by atoms with E-state index in [-0.39, 0.29) is 6.79 Å². The highest BCUT2D eigenvalue weighted by atomic mass is 16.7. The summed E-state index contributed by atoms with van der Waals surface area (Å²) in [6.45, 7) is 3.96. The maximum absolute atomic E-state index is 5.37. The Hall–Kier alpha value is -1.64. The summed E-state index contributed by atoms with van der Waals surface area (Å²) in [6, 6.07) is 3.85. The third kappa shape index (κ3) is 1.31. The van der Waals surface area contributed by atoms with Crippen LogP contribution in [0.15, 0.2) is 24.8 Å². The molecule has 0 spiro atoms. The number of hydrogen-bond acceptors (Lipinski definition) is 3. The lowest BCUT2D eigenvalue weighted by atomic mass is 10.1. The van der Waals surface area contributed by atoms with Crippen LogP contribution in [0.3, 0.4) is 0 Å². The van der Waals surface area contributed by atoms with Crippen molar-refractivity contribution in [1.29, 1.82) is 0 Å². The van der Waals surface area contributed by atoms with Crippen molar-refractivity contribution < 1.29 is 14.2 Å². The van der Waals surface area contributed by atoms with Crippen molar-refractivity contribution in [3.8, 4) is 17.2 Å². The van der Waals surface area contributed by atoms with Gasteiger partial charge >= 0.3 is 0 Å². The van der Waals surface area contributed by atoms with Crippen molar-refractivity contribution >= 4 is 0 Å². The minimum absolute atomic E-state index is 0.264. The molecule has 0 unspecified atom stereocenters. The van der Waals surface area contributed by atoms with E-state index in [0.29, 0.717) is 11.5 Å². The van der Waals surface area contributed by atoms with E-state index in [0.717, 1.165) is 17.7 Å². The monoisotopic (exact) mass is 192 g/mol. The molecule has 0 saturated carbocycles. The molecule has 1 aliphatic heterocycles. The van der Waals surface area contributed by atoms with E-state index in [1.165, 1.54) is 0 Å². The number of fused-ring (bicyclic) bond motifs is 1. The summed E-state index contributed by atoms with van der Waals surface area (Å²) in [6.07, 6.45) is 2.61. The minimum atomic E-state index is 0.264. The van der Waals surface area contributed by atoms with E-state index in [9.17, 15) is 0 Å². The average molecular weight is 192 g/mol. The molecule has 0 aromatic heterocycles. The van der Waals surface area contributed by atoms with E-state index in [4.69, 9.17) is 14.2 Å². The molecule has 1 aromatic rings. The zero-order chi connectivity index (χ0) is 9.97. The molecule has 0 N–H and O–H groups in total. The quantitative estimate of drug-likeness (QED) is 0.687. The summed E-state index contributed by atoms with van der Waals surface area (Å²) < 4.78 is 15.9. The third-order valence-corrected chi connectivity index (χ3v) is 2.15. The third-order valence-electron chi connectivity index (χ3n) is 2.15. The SMILES string of the molecule is C=CCc1ccc(OC)c2c1OCO2. The lowest BCUT2D eigenvalue weighted by Gasteiger charge is -2.07. The standard InChI is InChI=1S/C11H12O3/c1-3-4-8-5-6-9(12-2)11-10(8)13-7-14-11/h3,5-6H,1,4,7H2,2H3. The van der Waals surface area contributed by atoms with Gasteiger partial charge in [-0.1, -0.05) is 12.1 Å². The van der Waals surface area contributed by atoms with Gasteiger partial charge in [0, 0.05) is 5.56 Å². The van der Waals surface area contributed by atoms with Crippen molar-refractivity contribution in [2.45, 2.75) is 6.42 Å². The molecule has 0 fully saturated rings. The molecular formula is C11H12O3. The highest BCUT2D eigenvalue weighted by molar-refractivity contribution is 5.57. The zero-order valence-corrected chi connectivity index (χ0v) is 8.08. The van der Waals surface area contributed by atoms with Gasteiger partial charge in [-0.2, -0.15) is 0 Å². The predicted octanol–water partition coefficient (Wildman–Crippen LogP) is 2.15. The molecule has 0 atom stereocenters.